The third-order valence-electron chi connectivity index (χ3n) is 2.98. The second-order valence-electron chi connectivity index (χ2n) is 4.31. The molecular formula is C11H8F4N4O. The van der Waals surface area contributed by atoms with E-state index in [0.29, 0.717) is 6.07 Å². The standard InChI is InChI=1S/C11H8F4N4O/c12-6-2-7(10(14)11(15)9(6)13)19-4-5(1-8(19)20)3-17-18-16/h2,5H,1,3-4H2. The molecule has 1 fully saturated rings. The quantitative estimate of drug-likeness (QED) is 0.210. The zero-order chi connectivity index (χ0) is 14.9. The zero-order valence-corrected chi connectivity index (χ0v) is 9.98. The van der Waals surface area contributed by atoms with Crippen LogP contribution < -0.4 is 4.90 Å². The minimum Gasteiger partial charge on any atom is -0.309 e. The number of nitrogens with zero attached hydrogens (tertiary/aromatic N) is 4. The summed E-state index contributed by atoms with van der Waals surface area (Å²) in [6.45, 7) is -0.0498. The summed E-state index contributed by atoms with van der Waals surface area (Å²) in [7, 11) is 0. The number of hydrogen-bond acceptors (Lipinski definition) is 2. The maximum absolute atomic E-state index is 13.6. The molecule has 1 aromatic rings. The van der Waals surface area contributed by atoms with Gasteiger partial charge in [-0.2, -0.15) is 0 Å². The van der Waals surface area contributed by atoms with Crippen LogP contribution in [0.4, 0.5) is 23.2 Å². The average Bonchev–Trinajstić information content (AvgIpc) is 2.79. The summed E-state index contributed by atoms with van der Waals surface area (Å²) in [6, 6.07) is 0.432. The Morgan fingerprint density at radius 3 is 2.65 bits per heavy atom. The van der Waals surface area contributed by atoms with Crippen LogP contribution in [0.25, 0.3) is 10.4 Å². The van der Waals surface area contributed by atoms with E-state index in [2.05, 4.69) is 10.0 Å². The number of amides is 1. The van der Waals surface area contributed by atoms with Gasteiger partial charge in [0.2, 0.25) is 5.91 Å². The molecule has 1 heterocycles. The first kappa shape index (κ1) is 14.1. The predicted molar refractivity (Wildman–Crippen MR) is 60.7 cm³/mol. The number of hydrogen-bond donors (Lipinski definition) is 0. The van der Waals surface area contributed by atoms with E-state index in [-0.39, 0.29) is 25.4 Å². The van der Waals surface area contributed by atoms with E-state index in [4.69, 9.17) is 5.53 Å². The molecule has 1 aromatic carbocycles. The molecule has 1 saturated heterocycles. The molecule has 20 heavy (non-hydrogen) atoms. The molecule has 0 spiro atoms. The van der Waals surface area contributed by atoms with E-state index in [1.807, 2.05) is 0 Å². The molecule has 0 radical (unpaired) electrons. The first-order valence-electron chi connectivity index (χ1n) is 5.60. The molecule has 5 nitrogen and oxygen atoms in total. The fourth-order valence-corrected chi connectivity index (χ4v) is 2.05. The highest BCUT2D eigenvalue weighted by Crippen LogP contribution is 2.31. The van der Waals surface area contributed by atoms with Crippen LogP contribution in [0.2, 0.25) is 0 Å². The van der Waals surface area contributed by atoms with Crippen molar-refractivity contribution >= 4 is 11.6 Å². The van der Waals surface area contributed by atoms with Crippen LogP contribution in [0.15, 0.2) is 11.2 Å². The van der Waals surface area contributed by atoms with Crippen LogP contribution in [0.1, 0.15) is 6.42 Å². The number of rotatable bonds is 3. The maximum atomic E-state index is 13.6. The van der Waals surface area contributed by atoms with Crippen LogP contribution in [-0.4, -0.2) is 19.0 Å². The summed E-state index contributed by atoms with van der Waals surface area (Å²) >= 11 is 0. The summed E-state index contributed by atoms with van der Waals surface area (Å²) in [6.07, 6.45) is -0.0426. The van der Waals surface area contributed by atoms with Gasteiger partial charge in [-0.05, 0) is 11.4 Å². The average molecular weight is 288 g/mol. The van der Waals surface area contributed by atoms with Crippen molar-refractivity contribution in [3.63, 3.8) is 0 Å². The van der Waals surface area contributed by atoms with Crippen molar-refractivity contribution in [2.75, 3.05) is 18.0 Å². The van der Waals surface area contributed by atoms with Gasteiger partial charge < -0.3 is 4.90 Å². The lowest BCUT2D eigenvalue weighted by atomic mass is 10.1. The molecule has 9 heteroatoms. The van der Waals surface area contributed by atoms with Gasteiger partial charge in [-0.1, -0.05) is 5.11 Å². The lowest BCUT2D eigenvalue weighted by Crippen LogP contribution is -2.26. The smallest absolute Gasteiger partial charge is 0.227 e. The molecule has 0 aromatic heterocycles. The number of carbonyl (C=O) groups is 1. The van der Waals surface area contributed by atoms with E-state index in [0.717, 1.165) is 4.90 Å². The van der Waals surface area contributed by atoms with Gasteiger partial charge in [0.05, 0.1) is 5.69 Å². The Hall–Kier alpha value is -2.28. The summed E-state index contributed by atoms with van der Waals surface area (Å²) in [4.78, 5) is 15.0. The fraction of sp³-hybridized carbons (Fsp3) is 0.364. The maximum Gasteiger partial charge on any atom is 0.227 e. The van der Waals surface area contributed by atoms with Gasteiger partial charge in [0.15, 0.2) is 23.3 Å². The number of halogens is 4. The van der Waals surface area contributed by atoms with Gasteiger partial charge >= 0.3 is 0 Å². The molecule has 0 aliphatic carbocycles. The van der Waals surface area contributed by atoms with Gasteiger partial charge in [-0.25, -0.2) is 17.6 Å². The van der Waals surface area contributed by atoms with E-state index < -0.39 is 34.9 Å². The van der Waals surface area contributed by atoms with Crippen LogP contribution in [0.5, 0.6) is 0 Å². The van der Waals surface area contributed by atoms with Crippen molar-refractivity contribution in [1.29, 1.82) is 0 Å². The Balaban J connectivity index is 2.33. The Labute approximate surface area is 110 Å². The van der Waals surface area contributed by atoms with E-state index in [9.17, 15) is 22.4 Å². The highest BCUT2D eigenvalue weighted by Gasteiger charge is 2.33. The Kier molecular flexibility index (Phi) is 3.80. The molecule has 1 amide bonds. The molecule has 1 aliphatic rings. The van der Waals surface area contributed by atoms with Gasteiger partial charge in [0.1, 0.15) is 0 Å². The van der Waals surface area contributed by atoms with Gasteiger partial charge in [0, 0.05) is 30.5 Å². The number of anilines is 1. The number of azide groups is 1. The van der Waals surface area contributed by atoms with Crippen molar-refractivity contribution in [2.45, 2.75) is 6.42 Å². The molecule has 0 saturated carbocycles. The molecule has 106 valence electrons. The lowest BCUT2D eigenvalue weighted by Gasteiger charge is -2.17. The minimum absolute atomic E-state index is 0.00647. The van der Waals surface area contributed by atoms with Crippen LogP contribution in [0.3, 0.4) is 0 Å². The lowest BCUT2D eigenvalue weighted by molar-refractivity contribution is -0.117. The summed E-state index contributed by atoms with van der Waals surface area (Å²) in [5.74, 6) is -8.05. The molecule has 0 bridgehead atoms. The molecule has 1 aliphatic heterocycles. The largest absolute Gasteiger partial charge is 0.309 e. The highest BCUT2D eigenvalue weighted by atomic mass is 19.2. The first-order chi connectivity index (χ1) is 9.45. The van der Waals surface area contributed by atoms with Gasteiger partial charge in [-0.15, -0.1) is 0 Å². The monoisotopic (exact) mass is 288 g/mol. The number of benzene rings is 1. The summed E-state index contributed by atoms with van der Waals surface area (Å²) in [5, 5.41) is 3.29. The van der Waals surface area contributed by atoms with Gasteiger partial charge in [-0.3, -0.25) is 4.79 Å². The normalized spacial score (nSPS) is 18.3. The summed E-state index contributed by atoms with van der Waals surface area (Å²) in [5.41, 5.74) is 7.52. The van der Waals surface area contributed by atoms with Crippen LogP contribution in [-0.2, 0) is 4.79 Å². The topological polar surface area (TPSA) is 69.1 Å². The molecule has 1 atom stereocenters. The molecule has 1 unspecified atom stereocenters. The van der Waals surface area contributed by atoms with Crippen molar-refractivity contribution in [1.82, 2.24) is 0 Å². The fourth-order valence-electron chi connectivity index (χ4n) is 2.05. The number of carbonyl (C=O) groups excluding carboxylic acids is 1. The minimum atomic E-state index is -1.97. The van der Waals surface area contributed by atoms with Gasteiger partial charge in [0.25, 0.3) is 0 Å². The van der Waals surface area contributed by atoms with Crippen molar-refractivity contribution in [2.24, 2.45) is 11.0 Å². The van der Waals surface area contributed by atoms with Crippen molar-refractivity contribution < 1.29 is 22.4 Å². The van der Waals surface area contributed by atoms with Crippen molar-refractivity contribution in [3.05, 3.63) is 39.8 Å². The van der Waals surface area contributed by atoms with Crippen LogP contribution >= 0.6 is 0 Å². The first-order valence-corrected chi connectivity index (χ1v) is 5.60. The SMILES string of the molecule is [N-]=[N+]=NCC1CC(=O)N(c2cc(F)c(F)c(F)c2F)C1. The molecule has 0 N–H and O–H groups in total. The van der Waals surface area contributed by atoms with E-state index >= 15 is 0 Å². The predicted octanol–water partition coefficient (Wildman–Crippen LogP) is 2.91. The van der Waals surface area contributed by atoms with Crippen LogP contribution in [0, 0.1) is 29.2 Å². The Bertz CT molecular complexity index is 615. The van der Waals surface area contributed by atoms with E-state index in [1.165, 1.54) is 0 Å². The van der Waals surface area contributed by atoms with Crippen molar-refractivity contribution in [3.8, 4) is 0 Å². The van der Waals surface area contributed by atoms with E-state index in [1.54, 1.807) is 0 Å². The Morgan fingerprint density at radius 2 is 2.00 bits per heavy atom. The Morgan fingerprint density at radius 1 is 1.30 bits per heavy atom. The zero-order valence-electron chi connectivity index (χ0n) is 9.98. The second kappa shape index (κ2) is 5.38. The third kappa shape index (κ3) is 2.39. The summed E-state index contributed by atoms with van der Waals surface area (Å²) < 4.78 is 52.7. The molecular weight excluding hydrogens is 280 g/mol. The highest BCUT2D eigenvalue weighted by molar-refractivity contribution is 5.95. The molecule has 2 rings (SSSR count). The third-order valence-corrected chi connectivity index (χ3v) is 2.98. The second-order valence-corrected chi connectivity index (χ2v) is 4.31.